The number of halogens is 1. The van der Waals surface area contributed by atoms with Gasteiger partial charge in [-0.1, -0.05) is 11.6 Å². The fraction of sp³-hybridized carbons (Fsp3) is 0.533. The molecule has 1 saturated carbocycles. The Morgan fingerprint density at radius 2 is 2.15 bits per heavy atom. The van der Waals surface area contributed by atoms with Gasteiger partial charge in [0.15, 0.2) is 0 Å². The van der Waals surface area contributed by atoms with Crippen molar-refractivity contribution in [3.05, 3.63) is 23.4 Å². The summed E-state index contributed by atoms with van der Waals surface area (Å²) in [5, 5.41) is 9.59. The van der Waals surface area contributed by atoms with E-state index >= 15 is 0 Å². The van der Waals surface area contributed by atoms with Gasteiger partial charge in [0.2, 0.25) is 0 Å². The molecule has 106 valence electrons. The second-order valence-electron chi connectivity index (χ2n) is 6.38. The highest BCUT2D eigenvalue weighted by atomic mass is 35.5. The smallest absolute Gasteiger partial charge is 0.0898 e. The number of hydrogen-bond acceptors (Lipinski definition) is 3. The summed E-state index contributed by atoms with van der Waals surface area (Å²) < 4.78 is 1.85. The first kappa shape index (κ1) is 12.5. The van der Waals surface area contributed by atoms with Gasteiger partial charge < -0.3 is 10.2 Å². The Morgan fingerprint density at radius 3 is 2.80 bits per heavy atom. The minimum absolute atomic E-state index is 0.585. The number of nitrogens with one attached hydrogen (secondary N) is 1. The molecule has 2 fully saturated rings. The van der Waals surface area contributed by atoms with Crippen molar-refractivity contribution in [3.63, 3.8) is 0 Å². The van der Waals surface area contributed by atoms with Crippen LogP contribution in [0.5, 0.6) is 0 Å². The van der Waals surface area contributed by atoms with Gasteiger partial charge in [-0.15, -0.1) is 0 Å². The third-order valence-corrected chi connectivity index (χ3v) is 5.46. The molecule has 0 unspecified atom stereocenters. The summed E-state index contributed by atoms with van der Waals surface area (Å²) in [7, 11) is 4.10. The highest BCUT2D eigenvalue weighted by Crippen LogP contribution is 2.48. The Kier molecular flexibility index (Phi) is 2.57. The van der Waals surface area contributed by atoms with E-state index in [1.54, 1.807) is 0 Å². The molecule has 1 spiro atoms. The average Bonchev–Trinajstić information content (AvgIpc) is 2.68. The molecule has 1 saturated heterocycles. The van der Waals surface area contributed by atoms with Gasteiger partial charge in [-0.2, -0.15) is 5.10 Å². The molecule has 4 nitrogen and oxygen atoms in total. The topological polar surface area (TPSA) is 33.1 Å². The number of aromatic nitrogens is 2. The lowest BCUT2D eigenvalue weighted by atomic mass is 9.61. The van der Waals surface area contributed by atoms with Crippen molar-refractivity contribution in [2.75, 3.05) is 25.0 Å². The fourth-order valence-corrected chi connectivity index (χ4v) is 4.09. The summed E-state index contributed by atoms with van der Waals surface area (Å²) in [4.78, 5) is 2.35. The van der Waals surface area contributed by atoms with Crippen LogP contribution < -0.4 is 10.2 Å². The molecular formula is C15H19ClN4. The number of aryl methyl sites for hydroxylation is 1. The first-order valence-electron chi connectivity index (χ1n) is 7.13. The molecule has 1 aromatic carbocycles. The number of hydrogen-bond donors (Lipinski definition) is 1. The highest BCUT2D eigenvalue weighted by molar-refractivity contribution is 6.37. The van der Waals surface area contributed by atoms with Crippen LogP contribution in [0.4, 0.5) is 5.69 Å². The van der Waals surface area contributed by atoms with Crippen LogP contribution in [0.1, 0.15) is 12.8 Å². The van der Waals surface area contributed by atoms with E-state index in [4.69, 9.17) is 11.6 Å². The molecule has 2 aromatic rings. The van der Waals surface area contributed by atoms with E-state index in [0.29, 0.717) is 11.5 Å². The molecule has 2 heterocycles. The fourth-order valence-electron chi connectivity index (χ4n) is 3.66. The molecule has 4 rings (SSSR count). The summed E-state index contributed by atoms with van der Waals surface area (Å²) in [5.74, 6) is 0. The zero-order chi connectivity index (χ0) is 13.9. The SMILES string of the molecule is CN(c1ccc2cnn(C)c2c1Cl)C1CC2(CNC2)C1. The lowest BCUT2D eigenvalue weighted by Crippen LogP contribution is -2.64. The number of nitrogens with zero attached hydrogens (tertiary/aromatic N) is 3. The number of fused-ring (bicyclic) bond motifs is 1. The van der Waals surface area contributed by atoms with Crippen molar-refractivity contribution in [1.82, 2.24) is 15.1 Å². The van der Waals surface area contributed by atoms with E-state index in [9.17, 15) is 0 Å². The van der Waals surface area contributed by atoms with E-state index in [2.05, 4.69) is 34.5 Å². The molecule has 0 atom stereocenters. The highest BCUT2D eigenvalue weighted by Gasteiger charge is 2.49. The Bertz CT molecular complexity index is 666. The van der Waals surface area contributed by atoms with Crippen LogP contribution in [0.3, 0.4) is 0 Å². The first-order valence-corrected chi connectivity index (χ1v) is 7.51. The van der Waals surface area contributed by atoms with Gasteiger partial charge in [0.05, 0.1) is 22.4 Å². The van der Waals surface area contributed by atoms with E-state index < -0.39 is 0 Å². The molecule has 1 aromatic heterocycles. The second kappa shape index (κ2) is 4.12. The van der Waals surface area contributed by atoms with Crippen LogP contribution in [-0.4, -0.2) is 36.0 Å². The van der Waals surface area contributed by atoms with E-state index in [0.717, 1.165) is 21.6 Å². The number of benzene rings is 1. The van der Waals surface area contributed by atoms with Crippen molar-refractivity contribution < 1.29 is 0 Å². The molecule has 0 radical (unpaired) electrons. The zero-order valence-electron chi connectivity index (χ0n) is 11.9. The largest absolute Gasteiger partial charge is 0.370 e. The molecule has 2 aliphatic rings. The van der Waals surface area contributed by atoms with Gasteiger partial charge in [0, 0.05) is 38.6 Å². The molecular weight excluding hydrogens is 272 g/mol. The van der Waals surface area contributed by atoms with E-state index in [-0.39, 0.29) is 0 Å². The van der Waals surface area contributed by atoms with Gasteiger partial charge in [0.1, 0.15) is 0 Å². The Morgan fingerprint density at radius 1 is 1.40 bits per heavy atom. The molecule has 0 amide bonds. The van der Waals surface area contributed by atoms with Gasteiger partial charge in [0.25, 0.3) is 0 Å². The maximum Gasteiger partial charge on any atom is 0.0898 e. The summed E-state index contributed by atoms with van der Waals surface area (Å²) in [6, 6.07) is 4.84. The van der Waals surface area contributed by atoms with Crippen molar-refractivity contribution in [3.8, 4) is 0 Å². The molecule has 1 N–H and O–H groups in total. The van der Waals surface area contributed by atoms with Crippen molar-refractivity contribution in [2.45, 2.75) is 18.9 Å². The third kappa shape index (κ3) is 1.61. The Hall–Kier alpha value is -1.26. The van der Waals surface area contributed by atoms with Crippen LogP contribution in [0.15, 0.2) is 18.3 Å². The second-order valence-corrected chi connectivity index (χ2v) is 6.76. The quantitative estimate of drug-likeness (QED) is 0.922. The van der Waals surface area contributed by atoms with Crippen molar-refractivity contribution in [2.24, 2.45) is 12.5 Å². The summed E-state index contributed by atoms with van der Waals surface area (Å²) in [6.45, 7) is 2.37. The average molecular weight is 291 g/mol. The van der Waals surface area contributed by atoms with Crippen LogP contribution in [0.25, 0.3) is 10.9 Å². The molecule has 1 aliphatic carbocycles. The van der Waals surface area contributed by atoms with E-state index in [1.165, 1.54) is 25.9 Å². The monoisotopic (exact) mass is 290 g/mol. The third-order valence-electron chi connectivity index (χ3n) is 5.09. The molecule has 0 bridgehead atoms. The maximum absolute atomic E-state index is 6.61. The minimum atomic E-state index is 0.585. The maximum atomic E-state index is 6.61. The zero-order valence-corrected chi connectivity index (χ0v) is 12.6. The molecule has 1 aliphatic heterocycles. The van der Waals surface area contributed by atoms with Crippen molar-refractivity contribution >= 4 is 28.2 Å². The van der Waals surface area contributed by atoms with Gasteiger partial charge in [-0.3, -0.25) is 4.68 Å². The summed E-state index contributed by atoms with van der Waals surface area (Å²) >= 11 is 6.61. The molecule has 5 heteroatoms. The van der Waals surface area contributed by atoms with Crippen LogP contribution in [-0.2, 0) is 7.05 Å². The normalized spacial score (nSPS) is 20.9. The van der Waals surface area contributed by atoms with E-state index in [1.807, 2.05) is 17.9 Å². The Labute approximate surface area is 123 Å². The lowest BCUT2D eigenvalue weighted by molar-refractivity contribution is 0.0374. The standard InChI is InChI=1S/C15H19ClN4/c1-19(11-5-15(6-11)8-17-9-15)12-4-3-10-7-18-20(2)14(10)13(12)16/h3-4,7,11,17H,5-6,8-9H2,1-2H3. The van der Waals surface area contributed by atoms with Gasteiger partial charge >= 0.3 is 0 Å². The van der Waals surface area contributed by atoms with Gasteiger partial charge in [-0.05, 0) is 30.4 Å². The number of rotatable bonds is 2. The number of anilines is 1. The summed E-state index contributed by atoms with van der Waals surface area (Å²) in [6.07, 6.45) is 4.41. The Balaban J connectivity index is 1.64. The first-order chi connectivity index (χ1) is 9.60. The minimum Gasteiger partial charge on any atom is -0.370 e. The van der Waals surface area contributed by atoms with Crippen LogP contribution in [0, 0.1) is 5.41 Å². The predicted molar refractivity (Wildman–Crippen MR) is 82.5 cm³/mol. The van der Waals surface area contributed by atoms with Gasteiger partial charge in [-0.25, -0.2) is 0 Å². The summed E-state index contributed by atoms with van der Waals surface area (Å²) in [5.41, 5.74) is 2.73. The predicted octanol–water partition coefficient (Wildman–Crippen LogP) is 2.41. The van der Waals surface area contributed by atoms with Crippen LogP contribution in [0.2, 0.25) is 5.02 Å². The van der Waals surface area contributed by atoms with Crippen LogP contribution >= 0.6 is 11.6 Å². The molecule has 20 heavy (non-hydrogen) atoms. The lowest BCUT2D eigenvalue weighted by Gasteiger charge is -2.57. The van der Waals surface area contributed by atoms with Crippen molar-refractivity contribution in [1.29, 1.82) is 0 Å².